The van der Waals surface area contributed by atoms with Gasteiger partial charge in [-0.25, -0.2) is 4.98 Å². The molecule has 1 aliphatic carbocycles. The molecule has 2 rings (SSSR count). The zero-order chi connectivity index (χ0) is 10.7. The summed E-state index contributed by atoms with van der Waals surface area (Å²) in [4.78, 5) is 4.66. The van der Waals surface area contributed by atoms with E-state index >= 15 is 0 Å². The molecule has 2 nitrogen and oxygen atoms in total. The van der Waals surface area contributed by atoms with E-state index in [-0.39, 0.29) is 5.54 Å². The van der Waals surface area contributed by atoms with Gasteiger partial charge in [0.05, 0.1) is 11.2 Å². The maximum atomic E-state index is 6.50. The van der Waals surface area contributed by atoms with Crippen molar-refractivity contribution in [2.24, 2.45) is 5.73 Å². The highest BCUT2D eigenvalue weighted by molar-refractivity contribution is 7.09. The van der Waals surface area contributed by atoms with Crippen molar-refractivity contribution in [3.05, 3.63) is 16.1 Å². The van der Waals surface area contributed by atoms with Gasteiger partial charge in [0, 0.05) is 5.38 Å². The minimum atomic E-state index is -0.116. The van der Waals surface area contributed by atoms with Crippen LogP contribution in [0.15, 0.2) is 5.38 Å². The largest absolute Gasteiger partial charge is 0.319 e. The predicted octanol–water partition coefficient (Wildman–Crippen LogP) is 3.21. The molecule has 0 spiro atoms. The van der Waals surface area contributed by atoms with E-state index in [9.17, 15) is 0 Å². The number of nitrogens with zero attached hydrogens (tertiary/aromatic N) is 1. The second-order valence-electron chi connectivity index (χ2n) is 4.57. The maximum absolute atomic E-state index is 6.50. The van der Waals surface area contributed by atoms with Crippen LogP contribution in [0.1, 0.15) is 56.2 Å². The van der Waals surface area contributed by atoms with Gasteiger partial charge in [0.25, 0.3) is 0 Å². The molecule has 1 saturated carbocycles. The molecule has 1 heterocycles. The van der Waals surface area contributed by atoms with Crippen LogP contribution in [0.3, 0.4) is 0 Å². The van der Waals surface area contributed by atoms with Crippen LogP contribution < -0.4 is 5.73 Å². The fourth-order valence-electron chi connectivity index (χ4n) is 2.27. The molecule has 0 atom stereocenters. The van der Waals surface area contributed by atoms with Gasteiger partial charge in [-0.2, -0.15) is 0 Å². The summed E-state index contributed by atoms with van der Waals surface area (Å²) in [5.74, 6) is 0. The van der Waals surface area contributed by atoms with Gasteiger partial charge < -0.3 is 5.73 Å². The molecular weight excluding hydrogens is 204 g/mol. The summed E-state index contributed by atoms with van der Waals surface area (Å²) in [6.45, 7) is 2.15. The molecule has 0 saturated heterocycles. The maximum Gasteiger partial charge on any atom is 0.113 e. The van der Waals surface area contributed by atoms with Crippen molar-refractivity contribution in [1.82, 2.24) is 4.98 Å². The van der Waals surface area contributed by atoms with E-state index in [1.807, 2.05) is 0 Å². The van der Waals surface area contributed by atoms with Crippen LogP contribution in [0.25, 0.3) is 0 Å². The van der Waals surface area contributed by atoms with Crippen LogP contribution in [-0.2, 0) is 12.0 Å². The molecule has 1 aliphatic rings. The van der Waals surface area contributed by atoms with E-state index in [1.165, 1.54) is 36.4 Å². The molecule has 1 aromatic rings. The van der Waals surface area contributed by atoms with Gasteiger partial charge in [-0.3, -0.25) is 0 Å². The molecule has 0 bridgehead atoms. The van der Waals surface area contributed by atoms with Gasteiger partial charge in [-0.1, -0.05) is 32.6 Å². The Bertz CT molecular complexity index is 311. The van der Waals surface area contributed by atoms with E-state index in [0.717, 1.165) is 19.3 Å². The van der Waals surface area contributed by atoms with Crippen LogP contribution in [0.5, 0.6) is 0 Å². The first-order valence-electron chi connectivity index (χ1n) is 5.98. The number of hydrogen-bond donors (Lipinski definition) is 1. The summed E-state index contributed by atoms with van der Waals surface area (Å²) < 4.78 is 0. The number of thiazole rings is 1. The van der Waals surface area contributed by atoms with Crippen molar-refractivity contribution < 1.29 is 0 Å². The molecule has 3 heteroatoms. The van der Waals surface area contributed by atoms with Crippen molar-refractivity contribution in [2.45, 2.75) is 57.4 Å². The number of hydrogen-bond acceptors (Lipinski definition) is 3. The fourth-order valence-corrected chi connectivity index (χ4v) is 3.35. The minimum absolute atomic E-state index is 0.116. The lowest BCUT2D eigenvalue weighted by molar-refractivity contribution is 0.383. The van der Waals surface area contributed by atoms with Gasteiger partial charge >= 0.3 is 0 Å². The normalized spacial score (nSPS) is 21.2. The van der Waals surface area contributed by atoms with Crippen LogP contribution in [-0.4, -0.2) is 4.98 Å². The summed E-state index contributed by atoms with van der Waals surface area (Å²) >= 11 is 1.75. The lowest BCUT2D eigenvalue weighted by Crippen LogP contribution is -2.35. The highest BCUT2D eigenvalue weighted by Crippen LogP contribution is 2.35. The average Bonchev–Trinajstić information content (AvgIpc) is 2.63. The second kappa shape index (κ2) is 4.62. The lowest BCUT2D eigenvalue weighted by Gasteiger charge is -2.25. The topological polar surface area (TPSA) is 38.9 Å². The van der Waals surface area contributed by atoms with Crippen molar-refractivity contribution >= 4 is 11.3 Å². The molecule has 0 aromatic carbocycles. The highest BCUT2D eigenvalue weighted by atomic mass is 32.1. The van der Waals surface area contributed by atoms with Gasteiger partial charge in [-0.15, -0.1) is 11.3 Å². The molecule has 1 aromatic heterocycles. The first-order chi connectivity index (χ1) is 7.24. The Hall–Kier alpha value is -0.410. The van der Waals surface area contributed by atoms with Gasteiger partial charge in [0.2, 0.25) is 0 Å². The first-order valence-corrected chi connectivity index (χ1v) is 6.86. The van der Waals surface area contributed by atoms with E-state index in [4.69, 9.17) is 5.73 Å². The molecule has 0 radical (unpaired) electrons. The summed E-state index contributed by atoms with van der Waals surface area (Å²) in [5.41, 5.74) is 7.58. The Balaban J connectivity index is 2.18. The van der Waals surface area contributed by atoms with E-state index in [0.29, 0.717) is 0 Å². The smallest absolute Gasteiger partial charge is 0.113 e. The van der Waals surface area contributed by atoms with E-state index in [1.54, 1.807) is 11.3 Å². The molecule has 0 amide bonds. The Morgan fingerprint density at radius 3 is 2.53 bits per heavy atom. The Morgan fingerprint density at radius 2 is 2.00 bits per heavy atom. The van der Waals surface area contributed by atoms with Crippen LogP contribution in [0, 0.1) is 0 Å². The Kier molecular flexibility index (Phi) is 3.42. The lowest BCUT2D eigenvalue weighted by atomic mass is 9.92. The fraction of sp³-hybridized carbons (Fsp3) is 0.750. The average molecular weight is 224 g/mol. The predicted molar refractivity (Wildman–Crippen MR) is 65.1 cm³/mol. The number of nitrogens with two attached hydrogens (primary N) is 1. The molecule has 84 valence electrons. The zero-order valence-corrected chi connectivity index (χ0v) is 10.3. The molecular formula is C12H20N2S. The zero-order valence-electron chi connectivity index (χ0n) is 9.46. The quantitative estimate of drug-likeness (QED) is 0.783. The van der Waals surface area contributed by atoms with Crippen LogP contribution in [0.4, 0.5) is 0 Å². The third-order valence-electron chi connectivity index (χ3n) is 3.34. The van der Waals surface area contributed by atoms with Crippen molar-refractivity contribution in [3.8, 4) is 0 Å². The molecule has 1 fully saturated rings. The van der Waals surface area contributed by atoms with Crippen LogP contribution in [0.2, 0.25) is 0 Å². The Morgan fingerprint density at radius 1 is 1.33 bits per heavy atom. The van der Waals surface area contributed by atoms with Crippen molar-refractivity contribution in [3.63, 3.8) is 0 Å². The third kappa shape index (κ3) is 2.40. The molecule has 0 unspecified atom stereocenters. The number of rotatable bonds is 2. The summed E-state index contributed by atoms with van der Waals surface area (Å²) in [7, 11) is 0. The minimum Gasteiger partial charge on any atom is -0.319 e. The highest BCUT2D eigenvalue weighted by Gasteiger charge is 2.30. The van der Waals surface area contributed by atoms with Crippen molar-refractivity contribution in [2.75, 3.05) is 0 Å². The van der Waals surface area contributed by atoms with Gasteiger partial charge in [-0.05, 0) is 19.3 Å². The van der Waals surface area contributed by atoms with Gasteiger partial charge in [0.15, 0.2) is 0 Å². The number of aryl methyl sites for hydroxylation is 1. The van der Waals surface area contributed by atoms with E-state index in [2.05, 4.69) is 17.3 Å². The van der Waals surface area contributed by atoms with Gasteiger partial charge in [0.1, 0.15) is 5.01 Å². The molecule has 15 heavy (non-hydrogen) atoms. The SMILES string of the molecule is CCc1csc(C2(N)CCCCCC2)n1. The molecule has 0 aliphatic heterocycles. The summed E-state index contributed by atoms with van der Waals surface area (Å²) in [6.07, 6.45) is 8.45. The van der Waals surface area contributed by atoms with E-state index < -0.39 is 0 Å². The third-order valence-corrected chi connectivity index (χ3v) is 4.45. The van der Waals surface area contributed by atoms with Crippen molar-refractivity contribution in [1.29, 1.82) is 0 Å². The monoisotopic (exact) mass is 224 g/mol. The standard InChI is InChI=1S/C12H20N2S/c1-2-10-9-15-11(14-10)12(13)7-5-3-4-6-8-12/h9H,2-8,13H2,1H3. The first kappa shape index (κ1) is 11.1. The summed E-state index contributed by atoms with van der Waals surface area (Å²) in [6, 6.07) is 0. The molecule has 2 N–H and O–H groups in total. The van der Waals surface area contributed by atoms with Crippen LogP contribution >= 0.6 is 11.3 Å². The summed E-state index contributed by atoms with van der Waals surface area (Å²) in [5, 5.41) is 3.33. The number of aromatic nitrogens is 1. The second-order valence-corrected chi connectivity index (χ2v) is 5.43. The Labute approximate surface area is 95.9 Å².